The Bertz CT molecular complexity index is 344. The fraction of sp³-hybridized carbons (Fsp3) is 0.800. The van der Waals surface area contributed by atoms with E-state index < -0.39 is 5.92 Å². The van der Waals surface area contributed by atoms with E-state index in [1.54, 1.807) is 0 Å². The molecule has 0 bridgehead atoms. The molecule has 0 aliphatic heterocycles. The van der Waals surface area contributed by atoms with Gasteiger partial charge in [-0.25, -0.2) is 8.78 Å². The first-order chi connectivity index (χ1) is 7.61. The highest BCUT2D eigenvalue weighted by atomic mass is 32.1. The van der Waals surface area contributed by atoms with Crippen LogP contribution in [0.15, 0.2) is 0 Å². The summed E-state index contributed by atoms with van der Waals surface area (Å²) in [4.78, 5) is 0. The summed E-state index contributed by atoms with van der Waals surface area (Å²) in [6.07, 6.45) is 1.71. The smallest absolute Gasteiger partial charge is 0.248 e. The number of alkyl halides is 2. The van der Waals surface area contributed by atoms with Crippen LogP contribution in [0, 0.1) is 0 Å². The van der Waals surface area contributed by atoms with Crippen LogP contribution in [0.1, 0.15) is 41.6 Å². The summed E-state index contributed by atoms with van der Waals surface area (Å²) in [5.41, 5.74) is 5.42. The summed E-state index contributed by atoms with van der Waals surface area (Å²) in [6.45, 7) is 0.553. The average Bonchev–Trinajstić information content (AvgIpc) is 2.67. The fourth-order valence-electron chi connectivity index (χ4n) is 1.94. The maximum Gasteiger partial charge on any atom is 0.248 e. The molecule has 1 aromatic rings. The molecule has 0 spiro atoms. The molecular formula is C10H15F2N3S. The maximum absolute atomic E-state index is 13.0. The van der Waals surface area contributed by atoms with E-state index in [0.717, 1.165) is 16.4 Å². The van der Waals surface area contributed by atoms with Crippen molar-refractivity contribution in [2.75, 3.05) is 6.54 Å². The van der Waals surface area contributed by atoms with Gasteiger partial charge in [0.05, 0.1) is 0 Å². The third-order valence-electron chi connectivity index (χ3n) is 2.91. The Morgan fingerprint density at radius 2 is 2.00 bits per heavy atom. The minimum Gasteiger partial charge on any atom is -0.330 e. The van der Waals surface area contributed by atoms with Crippen molar-refractivity contribution in [1.82, 2.24) is 10.2 Å². The number of aromatic nitrogens is 2. The molecule has 90 valence electrons. The van der Waals surface area contributed by atoms with Crippen molar-refractivity contribution >= 4 is 11.3 Å². The molecule has 1 aromatic heterocycles. The third kappa shape index (κ3) is 2.74. The van der Waals surface area contributed by atoms with Gasteiger partial charge in [0.2, 0.25) is 5.92 Å². The highest BCUT2D eigenvalue weighted by Crippen LogP contribution is 2.41. The molecule has 0 amide bonds. The van der Waals surface area contributed by atoms with Gasteiger partial charge < -0.3 is 5.73 Å². The zero-order valence-electron chi connectivity index (χ0n) is 8.96. The molecular weight excluding hydrogens is 232 g/mol. The highest BCUT2D eigenvalue weighted by Gasteiger charge is 2.36. The first-order valence-corrected chi connectivity index (χ1v) is 6.32. The van der Waals surface area contributed by atoms with Crippen LogP contribution in [0.3, 0.4) is 0 Å². The summed E-state index contributed by atoms with van der Waals surface area (Å²) >= 11 is 1.52. The van der Waals surface area contributed by atoms with Crippen molar-refractivity contribution in [3.63, 3.8) is 0 Å². The van der Waals surface area contributed by atoms with Crippen molar-refractivity contribution in [3.05, 3.63) is 10.0 Å². The summed E-state index contributed by atoms with van der Waals surface area (Å²) in [5, 5.41) is 9.91. The Morgan fingerprint density at radius 3 is 2.62 bits per heavy atom. The van der Waals surface area contributed by atoms with Crippen LogP contribution >= 0.6 is 11.3 Å². The summed E-state index contributed by atoms with van der Waals surface area (Å²) in [6, 6.07) is 0. The fourth-order valence-corrected chi connectivity index (χ4v) is 2.97. The molecule has 1 aliphatic rings. The molecule has 2 N–H and O–H groups in total. The second-order valence-electron chi connectivity index (χ2n) is 4.20. The van der Waals surface area contributed by atoms with Crippen molar-refractivity contribution in [3.8, 4) is 0 Å². The molecule has 1 fully saturated rings. The summed E-state index contributed by atoms with van der Waals surface area (Å²) in [7, 11) is 0. The quantitative estimate of drug-likeness (QED) is 0.892. The molecule has 1 aliphatic carbocycles. The van der Waals surface area contributed by atoms with E-state index in [-0.39, 0.29) is 18.8 Å². The van der Waals surface area contributed by atoms with Crippen molar-refractivity contribution in [1.29, 1.82) is 0 Å². The van der Waals surface area contributed by atoms with Crippen molar-refractivity contribution < 1.29 is 8.78 Å². The first kappa shape index (κ1) is 11.9. The van der Waals surface area contributed by atoms with E-state index in [1.807, 2.05) is 0 Å². The minimum absolute atomic E-state index is 0.0243. The molecule has 0 unspecified atom stereocenters. The lowest BCUT2D eigenvalue weighted by atomic mass is 9.87. The van der Waals surface area contributed by atoms with Gasteiger partial charge in [0.1, 0.15) is 10.0 Å². The number of nitrogens with zero attached hydrogens (tertiary/aromatic N) is 2. The molecule has 2 rings (SSSR count). The van der Waals surface area contributed by atoms with Gasteiger partial charge in [-0.3, -0.25) is 0 Å². The lowest BCUT2D eigenvalue weighted by molar-refractivity contribution is -0.0382. The van der Waals surface area contributed by atoms with Crippen molar-refractivity contribution in [2.24, 2.45) is 5.73 Å². The second-order valence-corrected chi connectivity index (χ2v) is 5.30. The van der Waals surface area contributed by atoms with Gasteiger partial charge in [-0.1, -0.05) is 0 Å². The van der Waals surface area contributed by atoms with Gasteiger partial charge in [0.15, 0.2) is 0 Å². The number of nitrogens with two attached hydrogens (primary N) is 1. The van der Waals surface area contributed by atoms with Crippen LogP contribution in [-0.2, 0) is 6.42 Å². The SMILES string of the molecule is NCCc1nnc(C2CCC(F)(F)CC2)s1. The van der Waals surface area contributed by atoms with E-state index in [1.165, 1.54) is 11.3 Å². The standard InChI is InChI=1S/C10H15F2N3S/c11-10(12)4-1-7(2-5-10)9-15-14-8(16-9)3-6-13/h7H,1-6,13H2. The molecule has 16 heavy (non-hydrogen) atoms. The number of hydrogen-bond acceptors (Lipinski definition) is 4. The molecule has 1 saturated carbocycles. The van der Waals surface area contributed by atoms with E-state index in [2.05, 4.69) is 10.2 Å². The van der Waals surface area contributed by atoms with E-state index >= 15 is 0 Å². The monoisotopic (exact) mass is 247 g/mol. The van der Waals surface area contributed by atoms with Gasteiger partial charge in [-0.05, 0) is 19.4 Å². The molecule has 0 atom stereocenters. The first-order valence-electron chi connectivity index (χ1n) is 5.51. The van der Waals surface area contributed by atoms with Crippen LogP contribution in [-0.4, -0.2) is 22.7 Å². The zero-order chi connectivity index (χ0) is 11.6. The predicted molar refractivity (Wildman–Crippen MR) is 58.8 cm³/mol. The van der Waals surface area contributed by atoms with Crippen LogP contribution < -0.4 is 5.73 Å². The molecule has 1 heterocycles. The van der Waals surface area contributed by atoms with E-state index in [9.17, 15) is 8.78 Å². The van der Waals surface area contributed by atoms with Crippen molar-refractivity contribution in [2.45, 2.75) is 43.9 Å². The summed E-state index contributed by atoms with van der Waals surface area (Å²) < 4.78 is 25.9. The highest BCUT2D eigenvalue weighted by molar-refractivity contribution is 7.11. The predicted octanol–water partition coefficient (Wildman–Crippen LogP) is 2.33. The van der Waals surface area contributed by atoms with Gasteiger partial charge in [0, 0.05) is 25.2 Å². The summed E-state index contributed by atoms with van der Waals surface area (Å²) in [5.74, 6) is -2.30. The number of rotatable bonds is 3. The van der Waals surface area contributed by atoms with Crippen LogP contribution in [0.2, 0.25) is 0 Å². The van der Waals surface area contributed by atoms with Gasteiger partial charge in [-0.2, -0.15) is 0 Å². The largest absolute Gasteiger partial charge is 0.330 e. The number of halogens is 2. The average molecular weight is 247 g/mol. The maximum atomic E-state index is 13.0. The molecule has 6 heteroatoms. The van der Waals surface area contributed by atoms with Gasteiger partial charge >= 0.3 is 0 Å². The molecule has 0 aromatic carbocycles. The zero-order valence-corrected chi connectivity index (χ0v) is 9.77. The lowest BCUT2D eigenvalue weighted by Gasteiger charge is -2.26. The van der Waals surface area contributed by atoms with E-state index in [0.29, 0.717) is 19.4 Å². The third-order valence-corrected chi connectivity index (χ3v) is 4.05. The van der Waals surface area contributed by atoms with Crippen LogP contribution in [0.25, 0.3) is 0 Å². The Balaban J connectivity index is 1.97. The van der Waals surface area contributed by atoms with E-state index in [4.69, 9.17) is 5.73 Å². The second kappa shape index (κ2) is 4.71. The topological polar surface area (TPSA) is 51.8 Å². The normalized spacial score (nSPS) is 21.2. The Morgan fingerprint density at radius 1 is 1.31 bits per heavy atom. The molecule has 0 radical (unpaired) electrons. The Hall–Kier alpha value is -0.620. The Kier molecular flexibility index (Phi) is 3.49. The number of hydrogen-bond donors (Lipinski definition) is 1. The Labute approximate surface area is 97.1 Å². The lowest BCUT2D eigenvalue weighted by Crippen LogP contribution is -2.23. The van der Waals surface area contributed by atoms with Crippen LogP contribution in [0.4, 0.5) is 8.78 Å². The van der Waals surface area contributed by atoms with Crippen LogP contribution in [0.5, 0.6) is 0 Å². The minimum atomic E-state index is -2.47. The van der Waals surface area contributed by atoms with Gasteiger partial charge in [0.25, 0.3) is 0 Å². The molecule has 3 nitrogen and oxygen atoms in total. The molecule has 0 saturated heterocycles. The van der Waals surface area contributed by atoms with Gasteiger partial charge in [-0.15, -0.1) is 21.5 Å².